The van der Waals surface area contributed by atoms with Crippen LogP contribution in [0.3, 0.4) is 0 Å². The maximum atomic E-state index is 12.9. The van der Waals surface area contributed by atoms with Gasteiger partial charge in [-0.1, -0.05) is 12.1 Å². The van der Waals surface area contributed by atoms with Crippen molar-refractivity contribution in [3.8, 4) is 0 Å². The summed E-state index contributed by atoms with van der Waals surface area (Å²) in [5.41, 5.74) is 7.07. The molecule has 0 spiro atoms. The van der Waals surface area contributed by atoms with Crippen molar-refractivity contribution in [2.45, 2.75) is 19.5 Å². The Morgan fingerprint density at radius 1 is 1.12 bits per heavy atom. The number of carbonyl (C=O) groups excluding carboxylic acids is 2. The van der Waals surface area contributed by atoms with E-state index in [9.17, 15) is 14.0 Å². The Hall–Kier alpha value is -2.73. The van der Waals surface area contributed by atoms with Crippen molar-refractivity contribution in [1.29, 1.82) is 0 Å². The number of anilines is 1. The van der Waals surface area contributed by atoms with Gasteiger partial charge in [0.25, 0.3) is 0 Å². The Morgan fingerprint density at radius 3 is 2.25 bits per heavy atom. The highest BCUT2D eigenvalue weighted by Crippen LogP contribution is 2.12. The second-order valence-electron chi connectivity index (χ2n) is 5.65. The lowest BCUT2D eigenvalue weighted by Crippen LogP contribution is -2.39. The third-order valence-electron chi connectivity index (χ3n) is 3.82. The lowest BCUT2D eigenvalue weighted by atomic mass is 10.1. The van der Waals surface area contributed by atoms with Crippen LogP contribution in [0.1, 0.15) is 22.8 Å². The number of nitrogens with two attached hydrogens (primary N) is 1. The minimum atomic E-state index is -0.514. The van der Waals surface area contributed by atoms with E-state index in [1.165, 1.54) is 12.1 Å². The molecule has 0 unspecified atom stereocenters. The molecule has 3 N–H and O–H groups in total. The summed E-state index contributed by atoms with van der Waals surface area (Å²) in [6, 6.07) is 12.2. The van der Waals surface area contributed by atoms with Gasteiger partial charge in [0.05, 0.1) is 6.04 Å². The summed E-state index contributed by atoms with van der Waals surface area (Å²) in [6.07, 6.45) is 0. The number of nitrogens with zero attached hydrogens (tertiary/aromatic N) is 1. The molecule has 0 saturated heterocycles. The maximum Gasteiger partial charge on any atom is 0.248 e. The van der Waals surface area contributed by atoms with Crippen LogP contribution in [0.5, 0.6) is 0 Å². The Labute approximate surface area is 140 Å². The first kappa shape index (κ1) is 17.6. The molecule has 2 amide bonds. The van der Waals surface area contributed by atoms with Gasteiger partial charge in [0.1, 0.15) is 5.82 Å². The first-order valence-electron chi connectivity index (χ1n) is 7.52. The molecule has 1 atom stereocenters. The van der Waals surface area contributed by atoms with Crippen LogP contribution in [0.2, 0.25) is 0 Å². The lowest BCUT2D eigenvalue weighted by molar-refractivity contribution is -0.120. The molecule has 0 aliphatic rings. The Bertz CT molecular complexity index is 714. The molecule has 24 heavy (non-hydrogen) atoms. The summed E-state index contributed by atoms with van der Waals surface area (Å²) in [5, 5.41) is 2.79. The highest BCUT2D eigenvalue weighted by molar-refractivity contribution is 5.96. The van der Waals surface area contributed by atoms with Crippen LogP contribution in [0.25, 0.3) is 0 Å². The van der Waals surface area contributed by atoms with Gasteiger partial charge in [-0.3, -0.25) is 14.5 Å². The Balaban J connectivity index is 1.95. The van der Waals surface area contributed by atoms with E-state index in [2.05, 4.69) is 5.32 Å². The van der Waals surface area contributed by atoms with Crippen molar-refractivity contribution >= 4 is 17.5 Å². The number of hydrogen-bond acceptors (Lipinski definition) is 3. The van der Waals surface area contributed by atoms with Crippen molar-refractivity contribution in [1.82, 2.24) is 4.90 Å². The predicted molar refractivity (Wildman–Crippen MR) is 90.9 cm³/mol. The average Bonchev–Trinajstić information content (AvgIpc) is 2.56. The molecule has 0 fully saturated rings. The van der Waals surface area contributed by atoms with E-state index < -0.39 is 5.91 Å². The van der Waals surface area contributed by atoms with E-state index in [1.54, 1.807) is 43.3 Å². The molecule has 0 aliphatic carbocycles. The topological polar surface area (TPSA) is 75.4 Å². The van der Waals surface area contributed by atoms with Crippen LogP contribution < -0.4 is 11.1 Å². The SMILES string of the molecule is C[C@@H](C(=O)Nc1ccc(C(N)=O)cc1)N(C)Cc1ccc(F)cc1. The van der Waals surface area contributed by atoms with Crippen LogP contribution in [-0.2, 0) is 11.3 Å². The fourth-order valence-electron chi connectivity index (χ4n) is 2.18. The van der Waals surface area contributed by atoms with Gasteiger partial charge >= 0.3 is 0 Å². The number of halogens is 1. The number of likely N-dealkylation sites (N-methyl/N-ethyl adjacent to an activating group) is 1. The molecule has 0 saturated carbocycles. The molecule has 6 heteroatoms. The van der Waals surface area contributed by atoms with Crippen molar-refractivity contribution in [3.63, 3.8) is 0 Å². The molecule has 0 heterocycles. The van der Waals surface area contributed by atoms with Gasteiger partial charge in [0, 0.05) is 17.8 Å². The Morgan fingerprint density at radius 2 is 1.71 bits per heavy atom. The van der Waals surface area contributed by atoms with Crippen molar-refractivity contribution in [3.05, 3.63) is 65.5 Å². The summed E-state index contributed by atoms with van der Waals surface area (Å²) in [7, 11) is 1.82. The van der Waals surface area contributed by atoms with Crippen LogP contribution in [0, 0.1) is 5.82 Å². The minimum Gasteiger partial charge on any atom is -0.366 e. The van der Waals surface area contributed by atoms with Gasteiger partial charge in [0.2, 0.25) is 11.8 Å². The van der Waals surface area contributed by atoms with E-state index in [-0.39, 0.29) is 17.8 Å². The van der Waals surface area contributed by atoms with Gasteiger partial charge in [-0.25, -0.2) is 4.39 Å². The monoisotopic (exact) mass is 329 g/mol. The summed E-state index contributed by atoms with van der Waals surface area (Å²) in [4.78, 5) is 25.2. The second-order valence-corrected chi connectivity index (χ2v) is 5.65. The van der Waals surface area contributed by atoms with Gasteiger partial charge in [-0.15, -0.1) is 0 Å². The molecule has 2 rings (SSSR count). The first-order chi connectivity index (χ1) is 11.4. The summed E-state index contributed by atoms with van der Waals surface area (Å²) >= 11 is 0. The second kappa shape index (κ2) is 7.70. The van der Waals surface area contributed by atoms with Crippen molar-refractivity contribution in [2.75, 3.05) is 12.4 Å². The number of hydrogen-bond donors (Lipinski definition) is 2. The van der Waals surface area contributed by atoms with Gasteiger partial charge in [0.15, 0.2) is 0 Å². The molecule has 0 aromatic heterocycles. The molecule has 2 aromatic rings. The molecule has 0 radical (unpaired) electrons. The number of carbonyl (C=O) groups is 2. The van der Waals surface area contributed by atoms with Gasteiger partial charge in [-0.2, -0.15) is 0 Å². The van der Waals surface area contributed by atoms with E-state index in [0.29, 0.717) is 17.8 Å². The van der Waals surface area contributed by atoms with Crippen LogP contribution >= 0.6 is 0 Å². The lowest BCUT2D eigenvalue weighted by Gasteiger charge is -2.24. The van der Waals surface area contributed by atoms with Crippen LogP contribution in [0.4, 0.5) is 10.1 Å². The normalized spacial score (nSPS) is 12.0. The molecule has 126 valence electrons. The summed E-state index contributed by atoms with van der Waals surface area (Å²) < 4.78 is 12.9. The zero-order valence-electron chi connectivity index (χ0n) is 13.6. The van der Waals surface area contributed by atoms with Gasteiger partial charge < -0.3 is 11.1 Å². The minimum absolute atomic E-state index is 0.175. The molecule has 0 bridgehead atoms. The predicted octanol–water partition coefficient (Wildman–Crippen LogP) is 2.38. The number of rotatable bonds is 6. The fourth-order valence-corrected chi connectivity index (χ4v) is 2.18. The quantitative estimate of drug-likeness (QED) is 0.854. The van der Waals surface area contributed by atoms with E-state index in [0.717, 1.165) is 5.56 Å². The Kier molecular flexibility index (Phi) is 5.65. The number of benzene rings is 2. The number of nitrogens with one attached hydrogen (secondary N) is 1. The van der Waals surface area contributed by atoms with Gasteiger partial charge in [-0.05, 0) is 55.9 Å². The third kappa shape index (κ3) is 4.63. The highest BCUT2D eigenvalue weighted by atomic mass is 19.1. The molecule has 5 nitrogen and oxygen atoms in total. The van der Waals surface area contributed by atoms with E-state index in [1.807, 2.05) is 11.9 Å². The average molecular weight is 329 g/mol. The smallest absolute Gasteiger partial charge is 0.248 e. The zero-order chi connectivity index (χ0) is 17.7. The van der Waals surface area contributed by atoms with Crippen LogP contribution in [0.15, 0.2) is 48.5 Å². The standard InChI is InChI=1S/C18H20FN3O2/c1-12(22(2)11-13-3-7-15(19)8-4-13)18(24)21-16-9-5-14(6-10-16)17(20)23/h3-10,12H,11H2,1-2H3,(H2,20,23)(H,21,24)/t12-/m0/s1. The molecular formula is C18H20FN3O2. The van der Waals surface area contributed by atoms with E-state index in [4.69, 9.17) is 5.73 Å². The molecule has 0 aliphatic heterocycles. The zero-order valence-corrected chi connectivity index (χ0v) is 13.6. The van der Waals surface area contributed by atoms with Crippen molar-refractivity contribution < 1.29 is 14.0 Å². The summed E-state index contributed by atoms with van der Waals surface area (Å²) in [5.74, 6) is -0.974. The maximum absolute atomic E-state index is 12.9. The fraction of sp³-hybridized carbons (Fsp3) is 0.222. The van der Waals surface area contributed by atoms with Crippen molar-refractivity contribution in [2.24, 2.45) is 5.73 Å². The molecule has 2 aromatic carbocycles. The highest BCUT2D eigenvalue weighted by Gasteiger charge is 2.18. The first-order valence-corrected chi connectivity index (χ1v) is 7.52. The largest absolute Gasteiger partial charge is 0.366 e. The third-order valence-corrected chi connectivity index (χ3v) is 3.82. The molecular weight excluding hydrogens is 309 g/mol. The van der Waals surface area contributed by atoms with E-state index >= 15 is 0 Å². The van der Waals surface area contributed by atoms with Crippen LogP contribution in [-0.4, -0.2) is 29.8 Å². The summed E-state index contributed by atoms with van der Waals surface area (Å²) in [6.45, 7) is 2.31. The number of primary amides is 1. The number of amides is 2.